The molecule has 0 saturated heterocycles. The van der Waals surface area contributed by atoms with Gasteiger partial charge in [-0.05, 0) is 0 Å². The number of hydrogen-bond acceptors (Lipinski definition) is 6. The predicted molar refractivity (Wildman–Crippen MR) is 51.3 cm³/mol. The predicted octanol–water partition coefficient (Wildman–Crippen LogP) is -1.17. The lowest BCUT2D eigenvalue weighted by molar-refractivity contribution is 0.589. The molecule has 8 nitrogen and oxygen atoms in total. The summed E-state index contributed by atoms with van der Waals surface area (Å²) in [5, 5.41) is 4.73. The van der Waals surface area contributed by atoms with E-state index >= 15 is 0 Å². The van der Waals surface area contributed by atoms with Crippen LogP contribution in [0.2, 0.25) is 5.15 Å². The number of nitrogens with one attached hydrogen (secondary N) is 2. The molecule has 0 amide bonds. The van der Waals surface area contributed by atoms with Crippen LogP contribution >= 0.6 is 11.6 Å². The zero-order valence-corrected chi connectivity index (χ0v) is 8.30. The maximum absolute atomic E-state index is 10.5. The van der Waals surface area contributed by atoms with Crippen LogP contribution in [0.1, 0.15) is 0 Å². The molecule has 14 heavy (non-hydrogen) atoms. The second kappa shape index (κ2) is 3.92. The molecule has 6 N–H and O–H groups in total. The van der Waals surface area contributed by atoms with E-state index in [0.717, 1.165) is 0 Å². The largest absolute Gasteiger partial charge is 0.368 e. The van der Waals surface area contributed by atoms with Crippen molar-refractivity contribution in [1.82, 2.24) is 14.8 Å². The molecule has 10 heteroatoms. The van der Waals surface area contributed by atoms with E-state index in [-0.39, 0.29) is 16.9 Å². The Morgan fingerprint density at radius 2 is 2.07 bits per heavy atom. The maximum atomic E-state index is 10.5. The summed E-state index contributed by atoms with van der Waals surface area (Å²) < 4.78 is 20.9. The Bertz CT molecular complexity index is 413. The van der Waals surface area contributed by atoms with Gasteiger partial charge in [0.05, 0.1) is 0 Å². The fourth-order valence-corrected chi connectivity index (χ4v) is 1.06. The Kier molecular flexibility index (Phi) is 3.06. The van der Waals surface area contributed by atoms with Crippen molar-refractivity contribution in [3.8, 4) is 0 Å². The molecular weight excluding hydrogens is 232 g/mol. The van der Waals surface area contributed by atoms with E-state index in [0.29, 0.717) is 0 Å². The molecule has 0 unspecified atom stereocenters. The Hall–Kier alpha value is -1.16. The minimum atomic E-state index is -3.85. The fraction of sp³-hybridized carbons (Fsp3) is 0. The summed E-state index contributed by atoms with van der Waals surface area (Å²) in [7, 11) is -3.85. The number of rotatable bonds is 3. The summed E-state index contributed by atoms with van der Waals surface area (Å²) in [6, 6.07) is 1.27. The third kappa shape index (κ3) is 3.70. The molecule has 0 aromatic carbocycles. The van der Waals surface area contributed by atoms with Crippen molar-refractivity contribution in [1.29, 1.82) is 0 Å². The number of nitrogens with two attached hydrogens (primary N) is 2. The number of hydrazine groups is 1. The highest BCUT2D eigenvalue weighted by Gasteiger charge is 2.03. The molecule has 0 radical (unpaired) electrons. The molecule has 0 aliphatic rings. The lowest BCUT2D eigenvalue weighted by atomic mass is 10.6. The number of aromatic nitrogens is 2. The molecule has 0 aliphatic carbocycles. The van der Waals surface area contributed by atoms with Crippen molar-refractivity contribution in [2.75, 3.05) is 11.2 Å². The summed E-state index contributed by atoms with van der Waals surface area (Å²) >= 11 is 5.52. The summed E-state index contributed by atoms with van der Waals surface area (Å²) in [5.74, 6) is 0.00717. The minimum Gasteiger partial charge on any atom is -0.368 e. The zero-order chi connectivity index (χ0) is 10.8. The van der Waals surface area contributed by atoms with Crippen molar-refractivity contribution >= 4 is 33.6 Å². The van der Waals surface area contributed by atoms with Crippen molar-refractivity contribution < 1.29 is 8.42 Å². The monoisotopic (exact) mass is 238 g/mol. The van der Waals surface area contributed by atoms with Crippen LogP contribution in [0.4, 0.5) is 11.8 Å². The van der Waals surface area contributed by atoms with Gasteiger partial charge < -0.3 is 5.73 Å². The molecule has 1 heterocycles. The highest BCUT2D eigenvalue weighted by molar-refractivity contribution is 7.87. The third-order valence-electron chi connectivity index (χ3n) is 1.03. The highest BCUT2D eigenvalue weighted by Crippen LogP contribution is 2.11. The molecular formula is C4H7ClN6O2S. The van der Waals surface area contributed by atoms with E-state index < -0.39 is 10.2 Å². The fourth-order valence-electron chi connectivity index (χ4n) is 0.623. The van der Waals surface area contributed by atoms with Gasteiger partial charge in [0.1, 0.15) is 11.0 Å². The molecule has 0 aliphatic heterocycles. The molecule has 0 saturated carbocycles. The van der Waals surface area contributed by atoms with E-state index in [2.05, 4.69) is 20.5 Å². The first kappa shape index (κ1) is 10.9. The molecule has 0 spiro atoms. The Morgan fingerprint density at radius 3 is 2.57 bits per heavy atom. The van der Waals surface area contributed by atoms with Gasteiger partial charge in [0.15, 0.2) is 0 Å². The third-order valence-corrected chi connectivity index (χ3v) is 1.61. The highest BCUT2D eigenvalue weighted by atomic mass is 35.5. The lowest BCUT2D eigenvalue weighted by Gasteiger charge is -2.05. The van der Waals surface area contributed by atoms with Crippen LogP contribution in [-0.4, -0.2) is 18.4 Å². The van der Waals surface area contributed by atoms with E-state index in [4.69, 9.17) is 17.3 Å². The number of nitrogen functional groups attached to an aromatic ring is 1. The van der Waals surface area contributed by atoms with E-state index in [1.807, 2.05) is 0 Å². The summed E-state index contributed by atoms with van der Waals surface area (Å²) in [4.78, 5) is 8.98. The van der Waals surface area contributed by atoms with Crippen LogP contribution in [0.25, 0.3) is 0 Å². The SMILES string of the molecule is Nc1nc(Cl)cc(NNS(N)(=O)=O)n1. The van der Waals surface area contributed by atoms with Gasteiger partial charge >= 0.3 is 0 Å². The normalized spacial score (nSPS) is 11.3. The molecule has 1 rings (SSSR count). The summed E-state index contributed by atoms with van der Waals surface area (Å²) in [6.45, 7) is 0. The summed E-state index contributed by atoms with van der Waals surface area (Å²) in [5.41, 5.74) is 7.43. The van der Waals surface area contributed by atoms with Crippen LogP contribution in [0.5, 0.6) is 0 Å². The molecule has 0 fully saturated rings. The van der Waals surface area contributed by atoms with Crippen LogP contribution in [0, 0.1) is 0 Å². The van der Waals surface area contributed by atoms with Gasteiger partial charge in [0, 0.05) is 6.07 Å². The molecule has 0 bridgehead atoms. The average Bonchev–Trinajstić information content (AvgIpc) is 1.97. The molecule has 1 aromatic rings. The average molecular weight is 239 g/mol. The first-order chi connectivity index (χ1) is 6.37. The number of nitrogens with zero attached hydrogens (tertiary/aromatic N) is 2. The Balaban J connectivity index is 2.78. The number of anilines is 2. The Labute approximate surface area is 84.8 Å². The smallest absolute Gasteiger partial charge is 0.291 e. The standard InChI is InChI=1S/C4H7ClN6O2S/c5-2-1-3(9-4(6)8-2)10-11-14(7,12)13/h1,11H,(H2,7,12,13)(H3,6,8,9,10). The van der Waals surface area contributed by atoms with Crippen LogP contribution in [0.15, 0.2) is 6.07 Å². The quantitative estimate of drug-likeness (QED) is 0.387. The number of halogens is 1. The topological polar surface area (TPSA) is 136 Å². The zero-order valence-electron chi connectivity index (χ0n) is 6.73. The second-order valence-electron chi connectivity index (χ2n) is 2.21. The van der Waals surface area contributed by atoms with Gasteiger partial charge in [0.2, 0.25) is 5.95 Å². The van der Waals surface area contributed by atoms with Crippen molar-refractivity contribution in [3.05, 3.63) is 11.2 Å². The number of hydrogen-bond donors (Lipinski definition) is 4. The van der Waals surface area contributed by atoms with Crippen LogP contribution in [0.3, 0.4) is 0 Å². The second-order valence-corrected chi connectivity index (χ2v) is 3.89. The molecule has 78 valence electrons. The maximum Gasteiger partial charge on any atom is 0.291 e. The Morgan fingerprint density at radius 1 is 1.43 bits per heavy atom. The van der Waals surface area contributed by atoms with Crippen molar-refractivity contribution in [2.45, 2.75) is 0 Å². The van der Waals surface area contributed by atoms with E-state index in [1.54, 1.807) is 4.83 Å². The first-order valence-electron chi connectivity index (χ1n) is 3.22. The van der Waals surface area contributed by atoms with Crippen LogP contribution < -0.4 is 21.1 Å². The van der Waals surface area contributed by atoms with Gasteiger partial charge in [-0.2, -0.15) is 13.4 Å². The molecule has 0 atom stereocenters. The first-order valence-corrected chi connectivity index (χ1v) is 5.15. The van der Waals surface area contributed by atoms with Crippen molar-refractivity contribution in [3.63, 3.8) is 0 Å². The van der Waals surface area contributed by atoms with E-state index in [1.165, 1.54) is 6.07 Å². The van der Waals surface area contributed by atoms with Crippen molar-refractivity contribution in [2.24, 2.45) is 5.14 Å². The van der Waals surface area contributed by atoms with Gasteiger partial charge in [-0.1, -0.05) is 11.6 Å². The van der Waals surface area contributed by atoms with Gasteiger partial charge in [-0.3, -0.25) is 5.43 Å². The minimum absolute atomic E-state index is 0.0798. The van der Waals surface area contributed by atoms with Gasteiger partial charge in [-0.15, -0.1) is 4.83 Å². The van der Waals surface area contributed by atoms with Gasteiger partial charge in [-0.25, -0.2) is 10.1 Å². The lowest BCUT2D eigenvalue weighted by Crippen LogP contribution is -2.35. The van der Waals surface area contributed by atoms with Crippen LogP contribution in [-0.2, 0) is 10.2 Å². The molecule has 1 aromatic heterocycles. The van der Waals surface area contributed by atoms with Gasteiger partial charge in [0.25, 0.3) is 10.2 Å². The van der Waals surface area contributed by atoms with E-state index in [9.17, 15) is 8.42 Å². The summed E-state index contributed by atoms with van der Waals surface area (Å²) in [6.07, 6.45) is 0.